The van der Waals surface area contributed by atoms with Crippen molar-refractivity contribution in [1.82, 2.24) is 5.43 Å². The molecular weight excluding hydrogens is 566 g/mol. The van der Waals surface area contributed by atoms with Gasteiger partial charge in [0.1, 0.15) is 29.7 Å². The molecule has 1 N–H and O–H groups in total. The second-order valence-electron chi connectivity index (χ2n) is 8.82. The van der Waals surface area contributed by atoms with Crippen molar-refractivity contribution in [3.63, 3.8) is 0 Å². The van der Waals surface area contributed by atoms with Crippen LogP contribution >= 0.6 is 23.2 Å². The topological polar surface area (TPSA) is 69.2 Å². The van der Waals surface area contributed by atoms with Gasteiger partial charge in [-0.2, -0.15) is 5.10 Å². The highest BCUT2D eigenvalue weighted by atomic mass is 35.5. The highest BCUT2D eigenvalue weighted by Crippen LogP contribution is 2.28. The first kappa shape index (κ1) is 28.0. The summed E-state index contributed by atoms with van der Waals surface area (Å²) in [6, 6.07) is 30.6. The van der Waals surface area contributed by atoms with E-state index >= 15 is 0 Å². The lowest BCUT2D eigenvalue weighted by molar-refractivity contribution is -0.140. The van der Waals surface area contributed by atoms with Gasteiger partial charge in [0.2, 0.25) is 0 Å². The Kier molecular flexibility index (Phi) is 8.98. The van der Waals surface area contributed by atoms with Crippen LogP contribution in [-0.4, -0.2) is 18.4 Å². The summed E-state index contributed by atoms with van der Waals surface area (Å²) in [6.45, 7) is 0.220. The molecule has 0 aromatic heterocycles. The predicted molar refractivity (Wildman–Crippen MR) is 158 cm³/mol. The van der Waals surface area contributed by atoms with Gasteiger partial charge in [0.05, 0.1) is 6.21 Å². The molecule has 0 aliphatic heterocycles. The van der Waals surface area contributed by atoms with Crippen LogP contribution in [0.2, 0.25) is 10.0 Å². The number of ether oxygens (including phenoxy) is 3. The molecule has 41 heavy (non-hydrogen) atoms. The first-order valence-electron chi connectivity index (χ1n) is 12.5. The van der Waals surface area contributed by atoms with Gasteiger partial charge < -0.3 is 14.2 Å². The van der Waals surface area contributed by atoms with Crippen LogP contribution in [0.25, 0.3) is 10.8 Å². The molecule has 5 rings (SSSR count). The summed E-state index contributed by atoms with van der Waals surface area (Å²) in [5.41, 5.74) is 3.95. The molecule has 9 heteroatoms. The van der Waals surface area contributed by atoms with E-state index in [1.54, 1.807) is 60.7 Å². The zero-order valence-corrected chi connectivity index (χ0v) is 23.0. The first-order chi connectivity index (χ1) is 19.9. The number of benzene rings is 5. The third kappa shape index (κ3) is 7.54. The van der Waals surface area contributed by atoms with Gasteiger partial charge in [-0.05, 0) is 83.1 Å². The van der Waals surface area contributed by atoms with Gasteiger partial charge in [-0.25, -0.2) is 9.82 Å². The Morgan fingerprint density at radius 2 is 1.41 bits per heavy atom. The van der Waals surface area contributed by atoms with E-state index in [9.17, 15) is 9.18 Å². The number of carbonyl (C=O) groups is 1. The molecule has 0 aliphatic rings. The molecule has 0 bridgehead atoms. The minimum absolute atomic E-state index is 0.220. The Morgan fingerprint density at radius 3 is 2.05 bits per heavy atom. The Morgan fingerprint density at radius 1 is 0.805 bits per heavy atom. The van der Waals surface area contributed by atoms with Gasteiger partial charge in [0.25, 0.3) is 0 Å². The summed E-state index contributed by atoms with van der Waals surface area (Å²) in [5.74, 6) is 0.315. The summed E-state index contributed by atoms with van der Waals surface area (Å²) in [7, 11) is 0. The van der Waals surface area contributed by atoms with Gasteiger partial charge in [-0.15, -0.1) is 0 Å². The van der Waals surface area contributed by atoms with Crippen LogP contribution in [0.15, 0.2) is 114 Å². The van der Waals surface area contributed by atoms with Crippen molar-refractivity contribution in [3.05, 3.63) is 136 Å². The number of carbonyl (C=O) groups excluding carboxylic acids is 1. The highest BCUT2D eigenvalue weighted by Gasteiger charge is 2.23. The average Bonchev–Trinajstić information content (AvgIpc) is 2.99. The molecule has 0 unspecified atom stereocenters. The molecule has 0 heterocycles. The summed E-state index contributed by atoms with van der Waals surface area (Å²) < 4.78 is 31.0. The average molecular weight is 589 g/mol. The number of fused-ring (bicyclic) bond motifs is 1. The van der Waals surface area contributed by atoms with E-state index in [4.69, 9.17) is 37.4 Å². The fourth-order valence-corrected chi connectivity index (χ4v) is 4.15. The first-order valence-corrected chi connectivity index (χ1v) is 13.3. The van der Waals surface area contributed by atoms with Crippen molar-refractivity contribution >= 4 is 46.1 Å². The quantitative estimate of drug-likeness (QED) is 0.103. The molecule has 5 aromatic carbocycles. The third-order valence-corrected chi connectivity index (χ3v) is 6.44. The van der Waals surface area contributed by atoms with E-state index < -0.39 is 12.2 Å². The Balaban J connectivity index is 1.36. The van der Waals surface area contributed by atoms with Crippen molar-refractivity contribution in [2.24, 2.45) is 5.10 Å². The summed E-state index contributed by atoms with van der Waals surface area (Å²) in [6.07, 6.45) is 0.123. The van der Waals surface area contributed by atoms with Gasteiger partial charge in [0.15, 0.2) is 0 Å². The van der Waals surface area contributed by atoms with E-state index in [0.717, 1.165) is 16.3 Å². The SMILES string of the molecule is O=C(N/N=C/c1c(OCc2ccc(F)cc2)ccc2ccccc12)C(Oc1ccc(Cl)cc1)Oc1ccc(Cl)cc1. The van der Waals surface area contributed by atoms with E-state index in [1.807, 2.05) is 36.4 Å². The number of hydrogen-bond donors (Lipinski definition) is 1. The van der Waals surface area contributed by atoms with Crippen molar-refractivity contribution < 1.29 is 23.4 Å². The zero-order valence-electron chi connectivity index (χ0n) is 21.5. The summed E-state index contributed by atoms with van der Waals surface area (Å²) >= 11 is 12.0. The lowest BCUT2D eigenvalue weighted by Gasteiger charge is -2.19. The highest BCUT2D eigenvalue weighted by molar-refractivity contribution is 6.30. The molecule has 0 fully saturated rings. The number of hydrazone groups is 1. The maximum absolute atomic E-state index is 13.3. The Labute approximate surface area is 245 Å². The second-order valence-corrected chi connectivity index (χ2v) is 9.70. The Hall–Kier alpha value is -4.59. The molecule has 6 nitrogen and oxygen atoms in total. The number of nitrogens with one attached hydrogen (secondary N) is 1. The largest absolute Gasteiger partial charge is 0.488 e. The predicted octanol–water partition coefficient (Wildman–Crippen LogP) is 7.80. The number of nitrogens with zero attached hydrogens (tertiary/aromatic N) is 1. The molecule has 206 valence electrons. The Bertz CT molecular complexity index is 1610. The fourth-order valence-electron chi connectivity index (χ4n) is 3.89. The maximum Gasteiger partial charge on any atom is 0.323 e. The van der Waals surface area contributed by atoms with Gasteiger partial charge in [-0.3, -0.25) is 4.79 Å². The molecule has 0 saturated carbocycles. The molecular formula is C32H23Cl2FN2O4. The monoisotopic (exact) mass is 588 g/mol. The van der Waals surface area contributed by atoms with Crippen LogP contribution < -0.4 is 19.6 Å². The van der Waals surface area contributed by atoms with Crippen molar-refractivity contribution in [2.75, 3.05) is 0 Å². The minimum Gasteiger partial charge on any atom is -0.488 e. The van der Waals surface area contributed by atoms with Crippen LogP contribution in [0.3, 0.4) is 0 Å². The van der Waals surface area contributed by atoms with Crippen molar-refractivity contribution in [1.29, 1.82) is 0 Å². The van der Waals surface area contributed by atoms with Gasteiger partial charge in [0, 0.05) is 15.6 Å². The third-order valence-electron chi connectivity index (χ3n) is 5.93. The van der Waals surface area contributed by atoms with E-state index in [1.165, 1.54) is 18.3 Å². The smallest absolute Gasteiger partial charge is 0.323 e. The lowest BCUT2D eigenvalue weighted by Crippen LogP contribution is -2.40. The van der Waals surface area contributed by atoms with Gasteiger partial charge >= 0.3 is 12.2 Å². The van der Waals surface area contributed by atoms with Crippen LogP contribution in [0, 0.1) is 5.82 Å². The van der Waals surface area contributed by atoms with E-state index in [2.05, 4.69) is 10.5 Å². The fraction of sp³-hybridized carbons (Fsp3) is 0.0625. The van der Waals surface area contributed by atoms with E-state index in [0.29, 0.717) is 32.9 Å². The second kappa shape index (κ2) is 13.2. The van der Waals surface area contributed by atoms with Gasteiger partial charge in [-0.1, -0.05) is 65.7 Å². The van der Waals surface area contributed by atoms with Crippen molar-refractivity contribution in [3.8, 4) is 17.2 Å². The van der Waals surface area contributed by atoms with E-state index in [-0.39, 0.29) is 12.4 Å². The summed E-state index contributed by atoms with van der Waals surface area (Å²) in [4.78, 5) is 13.2. The maximum atomic E-state index is 13.3. The number of rotatable bonds is 10. The standard InChI is InChI=1S/C32H23Cl2FN2O4/c33-23-8-14-26(15-9-23)40-32(41-27-16-10-24(34)11-17-27)31(38)37-36-19-29-28-4-2-1-3-22(28)7-18-30(29)39-20-21-5-12-25(35)13-6-21/h1-19,32H,20H2,(H,37,38)/b36-19+. The van der Waals surface area contributed by atoms with Crippen LogP contribution in [-0.2, 0) is 11.4 Å². The summed E-state index contributed by atoms with van der Waals surface area (Å²) in [5, 5.41) is 7.07. The lowest BCUT2D eigenvalue weighted by atomic mass is 10.0. The molecule has 0 atom stereocenters. The normalized spacial score (nSPS) is 11.1. The molecule has 0 saturated heterocycles. The van der Waals surface area contributed by atoms with Crippen LogP contribution in [0.5, 0.6) is 17.2 Å². The number of halogens is 3. The molecule has 5 aromatic rings. The molecule has 0 aliphatic carbocycles. The van der Waals surface area contributed by atoms with Crippen LogP contribution in [0.4, 0.5) is 4.39 Å². The van der Waals surface area contributed by atoms with Crippen molar-refractivity contribution in [2.45, 2.75) is 12.9 Å². The minimum atomic E-state index is -1.38. The molecule has 1 amide bonds. The number of amides is 1. The zero-order chi connectivity index (χ0) is 28.6. The van der Waals surface area contributed by atoms with Crippen LogP contribution in [0.1, 0.15) is 11.1 Å². The molecule has 0 spiro atoms. The molecule has 0 radical (unpaired) electrons. The number of hydrogen-bond acceptors (Lipinski definition) is 5.